The minimum atomic E-state index is -0.896. The molecule has 0 spiro atoms. The molecule has 0 aliphatic rings. The molecule has 6 heteroatoms. The van der Waals surface area contributed by atoms with Gasteiger partial charge in [0.2, 0.25) is 0 Å². The van der Waals surface area contributed by atoms with Gasteiger partial charge in [0, 0.05) is 6.42 Å². The number of primary amides is 1. The summed E-state index contributed by atoms with van der Waals surface area (Å²) in [4.78, 5) is 24.4. The molecular weight excluding hydrogens is 152 g/mol. The molecule has 0 aliphatic heterocycles. The summed E-state index contributed by atoms with van der Waals surface area (Å²) < 4.78 is 0. The molecule has 0 aromatic carbocycles. The summed E-state index contributed by atoms with van der Waals surface area (Å²) in [7, 11) is 0. The lowest BCUT2D eigenvalue weighted by atomic mass is 10.3. The summed E-state index contributed by atoms with van der Waals surface area (Å²) in [5, 5.41) is 8.15. The second kappa shape index (κ2) is 5.48. The molecule has 0 aromatic rings. The zero-order valence-electron chi connectivity index (χ0n) is 5.87. The molecule has 11 heavy (non-hydrogen) atoms. The number of carbonyl (C=O) groups excluding carboxylic acids is 1. The number of rotatable bonds is 5. The Morgan fingerprint density at radius 1 is 1.55 bits per heavy atom. The van der Waals surface area contributed by atoms with E-state index in [9.17, 15) is 9.59 Å². The van der Waals surface area contributed by atoms with E-state index in [0.29, 0.717) is 6.42 Å². The van der Waals surface area contributed by atoms with Crippen LogP contribution >= 0.6 is 0 Å². The quantitative estimate of drug-likeness (QED) is 0.373. The van der Waals surface area contributed by atoms with Gasteiger partial charge in [-0.05, 0) is 6.42 Å². The summed E-state index contributed by atoms with van der Waals surface area (Å²) >= 11 is 0. The molecule has 64 valence electrons. The first kappa shape index (κ1) is 9.70. The van der Waals surface area contributed by atoms with Gasteiger partial charge >= 0.3 is 12.0 Å². The Labute approximate surface area is 63.3 Å². The monoisotopic (exact) mass is 162 g/mol. The number of amides is 2. The van der Waals surface area contributed by atoms with E-state index in [1.54, 1.807) is 0 Å². The minimum Gasteiger partial charge on any atom is -0.481 e. The largest absolute Gasteiger partial charge is 0.481 e. The second-order valence-electron chi connectivity index (χ2n) is 1.81. The molecule has 4 N–H and O–H groups in total. The maximum absolute atomic E-state index is 9.97. The highest BCUT2D eigenvalue weighted by atomic mass is 16.7. The Kier molecular flexibility index (Phi) is 4.83. The fourth-order valence-electron chi connectivity index (χ4n) is 0.418. The predicted molar refractivity (Wildman–Crippen MR) is 35.5 cm³/mol. The van der Waals surface area contributed by atoms with Crippen molar-refractivity contribution in [3.63, 3.8) is 0 Å². The van der Waals surface area contributed by atoms with Gasteiger partial charge in [-0.1, -0.05) is 0 Å². The van der Waals surface area contributed by atoms with Crippen molar-refractivity contribution in [2.75, 3.05) is 6.61 Å². The van der Waals surface area contributed by atoms with E-state index in [4.69, 9.17) is 5.11 Å². The summed E-state index contributed by atoms with van der Waals surface area (Å²) in [6, 6.07) is -0.791. The molecule has 0 aliphatic carbocycles. The third-order valence-electron chi connectivity index (χ3n) is 0.810. The van der Waals surface area contributed by atoms with Crippen LogP contribution in [0.5, 0.6) is 0 Å². The first-order valence-electron chi connectivity index (χ1n) is 3.02. The van der Waals surface area contributed by atoms with Gasteiger partial charge < -0.3 is 10.8 Å². The highest BCUT2D eigenvalue weighted by Crippen LogP contribution is 1.87. The molecule has 0 fully saturated rings. The fraction of sp³-hybridized carbons (Fsp3) is 0.600. The van der Waals surface area contributed by atoms with E-state index in [2.05, 4.69) is 10.6 Å². The summed E-state index contributed by atoms with van der Waals surface area (Å²) in [6.07, 6.45) is 0.357. The first-order chi connectivity index (χ1) is 5.13. The van der Waals surface area contributed by atoms with Crippen LogP contribution in [0.3, 0.4) is 0 Å². The van der Waals surface area contributed by atoms with E-state index < -0.39 is 12.0 Å². The normalized spacial score (nSPS) is 9.09. The lowest BCUT2D eigenvalue weighted by molar-refractivity contribution is -0.137. The number of urea groups is 1. The second-order valence-corrected chi connectivity index (χ2v) is 1.81. The number of nitrogens with two attached hydrogens (primary N) is 1. The maximum atomic E-state index is 9.97. The highest BCUT2D eigenvalue weighted by Gasteiger charge is 1.96. The highest BCUT2D eigenvalue weighted by molar-refractivity contribution is 5.70. The van der Waals surface area contributed by atoms with Crippen molar-refractivity contribution in [1.29, 1.82) is 0 Å². The van der Waals surface area contributed by atoms with E-state index >= 15 is 0 Å². The number of carboxylic acids is 1. The third-order valence-corrected chi connectivity index (χ3v) is 0.810. The van der Waals surface area contributed by atoms with Gasteiger partial charge in [0.25, 0.3) is 0 Å². The van der Waals surface area contributed by atoms with Gasteiger partial charge in [0.15, 0.2) is 0 Å². The van der Waals surface area contributed by atoms with Gasteiger partial charge in [-0.15, -0.1) is 0 Å². The van der Waals surface area contributed by atoms with E-state index in [1.165, 1.54) is 0 Å². The Morgan fingerprint density at radius 3 is 2.64 bits per heavy atom. The topological polar surface area (TPSA) is 102 Å². The van der Waals surface area contributed by atoms with Gasteiger partial charge in [0.1, 0.15) is 0 Å². The van der Waals surface area contributed by atoms with Crippen LogP contribution in [0.2, 0.25) is 0 Å². The van der Waals surface area contributed by atoms with E-state index in [0.717, 1.165) is 0 Å². The van der Waals surface area contributed by atoms with Gasteiger partial charge in [-0.2, -0.15) is 0 Å². The average molecular weight is 162 g/mol. The molecule has 0 aromatic heterocycles. The van der Waals surface area contributed by atoms with Crippen LogP contribution in [-0.4, -0.2) is 23.7 Å². The predicted octanol–water partition coefficient (Wildman–Crippen LogP) is -0.549. The number of carbonyl (C=O) groups is 2. The van der Waals surface area contributed by atoms with Crippen molar-refractivity contribution in [3.8, 4) is 0 Å². The molecule has 6 nitrogen and oxygen atoms in total. The molecule has 0 saturated carbocycles. The molecule has 0 rings (SSSR count). The molecule has 0 unspecified atom stereocenters. The summed E-state index contributed by atoms with van der Waals surface area (Å²) in [6.45, 7) is 0.148. The zero-order valence-corrected chi connectivity index (χ0v) is 5.87. The molecule has 0 radical (unpaired) electrons. The van der Waals surface area contributed by atoms with Crippen molar-refractivity contribution >= 4 is 12.0 Å². The van der Waals surface area contributed by atoms with E-state index in [-0.39, 0.29) is 13.0 Å². The number of nitrogens with one attached hydrogen (secondary N) is 1. The van der Waals surface area contributed by atoms with Crippen LogP contribution < -0.4 is 11.2 Å². The average Bonchev–Trinajstić information content (AvgIpc) is 1.85. The lowest BCUT2D eigenvalue weighted by Crippen LogP contribution is -2.29. The zero-order chi connectivity index (χ0) is 8.69. The van der Waals surface area contributed by atoms with E-state index in [1.807, 2.05) is 5.48 Å². The number of aliphatic carboxylic acids is 1. The molecule has 0 atom stereocenters. The van der Waals surface area contributed by atoms with Gasteiger partial charge in [0.05, 0.1) is 6.61 Å². The van der Waals surface area contributed by atoms with Crippen molar-refractivity contribution in [2.45, 2.75) is 12.8 Å². The molecule has 0 saturated heterocycles. The van der Waals surface area contributed by atoms with Crippen LogP contribution in [0.4, 0.5) is 4.79 Å². The number of carboxylic acid groups (broad SMARTS) is 1. The first-order valence-corrected chi connectivity index (χ1v) is 3.02. The standard InChI is InChI=1S/C5H10N2O4/c6-5(10)7-11-3-1-2-4(8)9/h1-3H2,(H,8,9)(H3,6,7,10). The Bertz CT molecular complexity index is 131. The van der Waals surface area contributed by atoms with Gasteiger partial charge in [-0.3, -0.25) is 9.63 Å². The SMILES string of the molecule is NC(=O)NOCCCC(=O)O. The minimum absolute atomic E-state index is 0.0143. The van der Waals surface area contributed by atoms with Crippen molar-refractivity contribution < 1.29 is 19.5 Å². The maximum Gasteiger partial charge on any atom is 0.336 e. The van der Waals surface area contributed by atoms with Crippen molar-refractivity contribution in [3.05, 3.63) is 0 Å². The number of hydrogen-bond donors (Lipinski definition) is 3. The van der Waals surface area contributed by atoms with Crippen molar-refractivity contribution in [2.24, 2.45) is 5.73 Å². The lowest BCUT2D eigenvalue weighted by Gasteiger charge is -2.00. The number of hydroxylamine groups is 1. The van der Waals surface area contributed by atoms with Crippen molar-refractivity contribution in [1.82, 2.24) is 5.48 Å². The third kappa shape index (κ3) is 8.70. The van der Waals surface area contributed by atoms with Crippen LogP contribution in [0.25, 0.3) is 0 Å². The van der Waals surface area contributed by atoms with Crippen LogP contribution in [0.15, 0.2) is 0 Å². The van der Waals surface area contributed by atoms with Crippen LogP contribution in [0.1, 0.15) is 12.8 Å². The fourth-order valence-corrected chi connectivity index (χ4v) is 0.418. The molecule has 0 heterocycles. The number of hydrogen-bond acceptors (Lipinski definition) is 3. The van der Waals surface area contributed by atoms with Gasteiger partial charge in [-0.25, -0.2) is 10.3 Å². The summed E-state index contributed by atoms with van der Waals surface area (Å²) in [5.41, 5.74) is 6.51. The Morgan fingerprint density at radius 2 is 2.18 bits per heavy atom. The Hall–Kier alpha value is -1.30. The Balaban J connectivity index is 3.03. The van der Waals surface area contributed by atoms with Crippen LogP contribution in [-0.2, 0) is 9.63 Å². The molecule has 2 amide bonds. The molecule has 0 bridgehead atoms. The molecular formula is C5H10N2O4. The smallest absolute Gasteiger partial charge is 0.336 e. The summed E-state index contributed by atoms with van der Waals surface area (Å²) in [5.74, 6) is -0.896. The van der Waals surface area contributed by atoms with Crippen LogP contribution in [0, 0.1) is 0 Å².